The quantitative estimate of drug-likeness (QED) is 0.533. The first kappa shape index (κ1) is 4.52. The van der Waals surface area contributed by atoms with Gasteiger partial charge in [-0.1, -0.05) is 4.49 Å². The first-order valence-corrected chi connectivity index (χ1v) is 2.62. The molecule has 0 aromatic carbocycles. The van der Waals surface area contributed by atoms with Crippen molar-refractivity contribution < 1.29 is 0 Å². The van der Waals surface area contributed by atoms with Gasteiger partial charge in [-0.2, -0.15) is 0 Å². The molecule has 0 aliphatic rings. The highest BCUT2D eigenvalue weighted by molar-refractivity contribution is 7.05. The van der Waals surface area contributed by atoms with Crippen LogP contribution in [0.3, 0.4) is 0 Å². The molecule has 7 heavy (non-hydrogen) atoms. The topological polar surface area (TPSA) is 51.8 Å². The molecule has 0 radical (unpaired) electrons. The molecule has 0 aliphatic carbocycles. The molecule has 4 heteroatoms. The van der Waals surface area contributed by atoms with Gasteiger partial charge in [0.1, 0.15) is 0 Å². The molecular weight excluding hydrogens is 110 g/mol. The zero-order valence-electron chi connectivity index (χ0n) is 3.88. The fourth-order valence-corrected chi connectivity index (χ4v) is 0.628. The van der Waals surface area contributed by atoms with Gasteiger partial charge in [-0.3, -0.25) is 0 Å². The van der Waals surface area contributed by atoms with Crippen LogP contribution in [0.15, 0.2) is 0 Å². The van der Waals surface area contributed by atoms with Crippen LogP contribution in [0.25, 0.3) is 0 Å². The maximum Gasteiger partial charge on any atom is 0.161 e. The number of hydrogen-bond acceptors (Lipinski definition) is 4. The highest BCUT2D eigenvalue weighted by Gasteiger charge is 1.92. The van der Waals surface area contributed by atoms with Crippen molar-refractivity contribution in [2.24, 2.45) is 0 Å². The predicted octanol–water partition coefficient (Wildman–Crippen LogP) is 0.429. The molecule has 38 valence electrons. The standard InChI is InChI=1S/C3H5N3S/c1-2-3(4)5-6-7-2/h4H2,1H3. The second-order valence-corrected chi connectivity index (χ2v) is 2.17. The van der Waals surface area contributed by atoms with Gasteiger partial charge in [-0.25, -0.2) is 0 Å². The Hall–Kier alpha value is -0.640. The van der Waals surface area contributed by atoms with E-state index < -0.39 is 0 Å². The third-order valence-corrected chi connectivity index (χ3v) is 1.33. The number of hydrogen-bond donors (Lipinski definition) is 1. The van der Waals surface area contributed by atoms with E-state index in [-0.39, 0.29) is 0 Å². The van der Waals surface area contributed by atoms with Gasteiger partial charge in [0.2, 0.25) is 0 Å². The van der Waals surface area contributed by atoms with Gasteiger partial charge < -0.3 is 5.73 Å². The molecule has 0 unspecified atom stereocenters. The molecule has 1 aromatic rings. The third-order valence-electron chi connectivity index (χ3n) is 0.687. The van der Waals surface area contributed by atoms with Crippen molar-refractivity contribution in [3.8, 4) is 0 Å². The number of aryl methyl sites for hydroxylation is 1. The number of rotatable bonds is 0. The monoisotopic (exact) mass is 115 g/mol. The number of aromatic nitrogens is 2. The van der Waals surface area contributed by atoms with E-state index >= 15 is 0 Å². The lowest BCUT2D eigenvalue weighted by atomic mass is 10.6. The van der Waals surface area contributed by atoms with Crippen LogP contribution in [0, 0.1) is 6.92 Å². The molecule has 1 heterocycles. The maximum absolute atomic E-state index is 5.28. The van der Waals surface area contributed by atoms with Crippen molar-refractivity contribution in [1.82, 2.24) is 9.59 Å². The van der Waals surface area contributed by atoms with Crippen LogP contribution >= 0.6 is 11.5 Å². The first-order chi connectivity index (χ1) is 3.30. The van der Waals surface area contributed by atoms with Crippen molar-refractivity contribution in [2.75, 3.05) is 5.73 Å². The van der Waals surface area contributed by atoms with Crippen molar-refractivity contribution in [3.63, 3.8) is 0 Å². The van der Waals surface area contributed by atoms with Crippen LogP contribution in [0.5, 0.6) is 0 Å². The van der Waals surface area contributed by atoms with E-state index in [9.17, 15) is 0 Å². The molecule has 0 bridgehead atoms. The SMILES string of the molecule is Cc1snnc1N. The average molecular weight is 115 g/mol. The second kappa shape index (κ2) is 1.46. The summed E-state index contributed by atoms with van der Waals surface area (Å²) < 4.78 is 3.59. The van der Waals surface area contributed by atoms with E-state index in [0.717, 1.165) is 4.88 Å². The van der Waals surface area contributed by atoms with E-state index in [1.807, 2.05) is 6.92 Å². The Kier molecular flexibility index (Phi) is 0.941. The van der Waals surface area contributed by atoms with Crippen molar-refractivity contribution in [3.05, 3.63) is 4.88 Å². The summed E-state index contributed by atoms with van der Waals surface area (Å²) >= 11 is 1.32. The van der Waals surface area contributed by atoms with Gasteiger partial charge >= 0.3 is 0 Å². The summed E-state index contributed by atoms with van der Waals surface area (Å²) in [4.78, 5) is 0.986. The van der Waals surface area contributed by atoms with Gasteiger partial charge in [0.05, 0.1) is 4.88 Å². The summed E-state index contributed by atoms with van der Waals surface area (Å²) in [5.41, 5.74) is 5.28. The van der Waals surface area contributed by atoms with Gasteiger partial charge in [0, 0.05) is 0 Å². The maximum atomic E-state index is 5.28. The Bertz CT molecular complexity index is 142. The molecule has 0 fully saturated rings. The Morgan fingerprint density at radius 1 is 1.71 bits per heavy atom. The van der Waals surface area contributed by atoms with Gasteiger partial charge in [-0.05, 0) is 18.5 Å². The van der Waals surface area contributed by atoms with Crippen LogP contribution in [0.2, 0.25) is 0 Å². The van der Waals surface area contributed by atoms with Gasteiger partial charge in [-0.15, -0.1) is 5.10 Å². The minimum absolute atomic E-state index is 0.546. The highest BCUT2D eigenvalue weighted by Crippen LogP contribution is 2.07. The number of anilines is 1. The normalized spacial score (nSPS) is 9.29. The van der Waals surface area contributed by atoms with Gasteiger partial charge in [0.15, 0.2) is 5.82 Å². The summed E-state index contributed by atoms with van der Waals surface area (Å²) in [7, 11) is 0. The summed E-state index contributed by atoms with van der Waals surface area (Å²) in [5, 5.41) is 3.56. The molecule has 2 N–H and O–H groups in total. The minimum atomic E-state index is 0.546. The highest BCUT2D eigenvalue weighted by atomic mass is 32.1. The smallest absolute Gasteiger partial charge is 0.161 e. The molecule has 1 rings (SSSR count). The van der Waals surface area contributed by atoms with E-state index in [1.165, 1.54) is 11.5 Å². The van der Waals surface area contributed by atoms with Crippen molar-refractivity contribution in [1.29, 1.82) is 0 Å². The van der Waals surface area contributed by atoms with Crippen LogP contribution in [0.4, 0.5) is 5.82 Å². The molecule has 0 atom stereocenters. The van der Waals surface area contributed by atoms with Crippen LogP contribution in [-0.2, 0) is 0 Å². The molecule has 0 spiro atoms. The van der Waals surface area contributed by atoms with E-state index in [1.54, 1.807) is 0 Å². The lowest BCUT2D eigenvalue weighted by Gasteiger charge is -1.75. The van der Waals surface area contributed by atoms with E-state index in [2.05, 4.69) is 9.59 Å². The number of nitrogens with zero attached hydrogens (tertiary/aromatic N) is 2. The molecule has 0 saturated carbocycles. The molecular formula is C3H5N3S. The predicted molar refractivity (Wildman–Crippen MR) is 29.1 cm³/mol. The lowest BCUT2D eigenvalue weighted by molar-refractivity contribution is 1.16. The van der Waals surface area contributed by atoms with Gasteiger partial charge in [0.25, 0.3) is 0 Å². The number of nitrogens with two attached hydrogens (primary N) is 1. The second-order valence-electron chi connectivity index (χ2n) is 1.21. The molecule has 1 aromatic heterocycles. The van der Waals surface area contributed by atoms with E-state index in [0.29, 0.717) is 5.82 Å². The van der Waals surface area contributed by atoms with Crippen LogP contribution in [-0.4, -0.2) is 9.59 Å². The Morgan fingerprint density at radius 2 is 2.43 bits per heavy atom. The van der Waals surface area contributed by atoms with Crippen LogP contribution < -0.4 is 5.73 Å². The van der Waals surface area contributed by atoms with Crippen molar-refractivity contribution >= 4 is 17.4 Å². The summed E-state index contributed by atoms with van der Waals surface area (Å²) in [6.07, 6.45) is 0. The fraction of sp³-hybridized carbons (Fsp3) is 0.333. The Balaban J connectivity index is 3.12. The molecule has 0 saturated heterocycles. The van der Waals surface area contributed by atoms with Crippen molar-refractivity contribution in [2.45, 2.75) is 6.92 Å². The largest absolute Gasteiger partial charge is 0.381 e. The first-order valence-electron chi connectivity index (χ1n) is 1.85. The third kappa shape index (κ3) is 0.691. The summed E-state index contributed by atoms with van der Waals surface area (Å²) in [6.45, 7) is 1.89. The molecule has 0 aliphatic heterocycles. The Labute approximate surface area is 45.3 Å². The number of nitrogen functional groups attached to an aromatic ring is 1. The molecule has 3 nitrogen and oxygen atoms in total. The minimum Gasteiger partial charge on any atom is -0.381 e. The van der Waals surface area contributed by atoms with E-state index in [4.69, 9.17) is 5.73 Å². The Morgan fingerprint density at radius 3 is 2.57 bits per heavy atom. The lowest BCUT2D eigenvalue weighted by Crippen LogP contribution is -1.84. The summed E-state index contributed by atoms with van der Waals surface area (Å²) in [6, 6.07) is 0. The van der Waals surface area contributed by atoms with Crippen LogP contribution in [0.1, 0.15) is 4.88 Å². The zero-order valence-corrected chi connectivity index (χ0v) is 4.70. The summed E-state index contributed by atoms with van der Waals surface area (Å²) in [5.74, 6) is 0.546. The average Bonchev–Trinajstić information content (AvgIpc) is 1.91. The molecule has 0 amide bonds. The fourth-order valence-electron chi connectivity index (χ4n) is 0.243. The zero-order chi connectivity index (χ0) is 5.28.